The van der Waals surface area contributed by atoms with E-state index in [4.69, 9.17) is 15.2 Å². The Morgan fingerprint density at radius 2 is 2.00 bits per heavy atom. The first-order valence-corrected chi connectivity index (χ1v) is 6.12. The molecule has 0 amide bonds. The normalized spacial score (nSPS) is 11.7. The molecule has 1 rings (SSSR count). The van der Waals surface area contributed by atoms with Crippen molar-refractivity contribution in [2.45, 2.75) is 26.3 Å². The van der Waals surface area contributed by atoms with Crippen LogP contribution in [0.15, 0.2) is 18.3 Å². The molecular formula is C13H18N2O4. The molecule has 0 aliphatic heterocycles. The highest BCUT2D eigenvalue weighted by molar-refractivity contribution is 5.87. The van der Waals surface area contributed by atoms with Gasteiger partial charge in [0.15, 0.2) is 0 Å². The van der Waals surface area contributed by atoms with Gasteiger partial charge in [-0.2, -0.15) is 0 Å². The van der Waals surface area contributed by atoms with E-state index in [1.54, 1.807) is 26.0 Å². The van der Waals surface area contributed by atoms with E-state index in [1.807, 2.05) is 0 Å². The van der Waals surface area contributed by atoms with Gasteiger partial charge in [-0.15, -0.1) is 0 Å². The first-order valence-electron chi connectivity index (χ1n) is 6.12. The number of aromatic nitrogens is 1. The number of nitrogens with zero attached hydrogens (tertiary/aromatic N) is 1. The third-order valence-corrected chi connectivity index (χ3v) is 2.35. The molecule has 0 radical (unpaired) electrons. The van der Waals surface area contributed by atoms with Crippen molar-refractivity contribution >= 4 is 11.9 Å². The van der Waals surface area contributed by atoms with Crippen LogP contribution >= 0.6 is 0 Å². The molecule has 0 aliphatic carbocycles. The molecule has 6 heteroatoms. The van der Waals surface area contributed by atoms with Gasteiger partial charge in [-0.3, -0.25) is 4.79 Å². The van der Waals surface area contributed by atoms with E-state index in [1.165, 1.54) is 6.20 Å². The minimum Gasteiger partial charge on any atom is -0.465 e. The van der Waals surface area contributed by atoms with Crippen molar-refractivity contribution in [3.63, 3.8) is 0 Å². The van der Waals surface area contributed by atoms with E-state index in [0.717, 1.165) is 5.56 Å². The molecule has 104 valence electrons. The zero-order valence-corrected chi connectivity index (χ0v) is 11.1. The first-order chi connectivity index (χ1) is 9.08. The van der Waals surface area contributed by atoms with E-state index in [-0.39, 0.29) is 25.3 Å². The van der Waals surface area contributed by atoms with Crippen molar-refractivity contribution in [1.82, 2.24) is 4.98 Å². The molecule has 1 heterocycles. The Bertz CT molecular complexity index is 448. The Hall–Kier alpha value is -1.95. The van der Waals surface area contributed by atoms with Gasteiger partial charge >= 0.3 is 11.9 Å². The predicted octanol–water partition coefficient (Wildman–Crippen LogP) is 0.691. The van der Waals surface area contributed by atoms with Crippen LogP contribution < -0.4 is 5.73 Å². The maximum Gasteiger partial charge on any atom is 0.356 e. The van der Waals surface area contributed by atoms with Crippen LogP contribution in [0.25, 0.3) is 0 Å². The van der Waals surface area contributed by atoms with Crippen LogP contribution in [0.2, 0.25) is 0 Å². The summed E-state index contributed by atoms with van der Waals surface area (Å²) in [5, 5.41) is 0. The minimum atomic E-state index is -0.752. The van der Waals surface area contributed by atoms with Gasteiger partial charge in [0.1, 0.15) is 11.7 Å². The highest BCUT2D eigenvalue weighted by Gasteiger charge is 2.16. The molecule has 1 atom stereocenters. The average Bonchev–Trinajstić information content (AvgIpc) is 2.39. The second-order valence-corrected chi connectivity index (χ2v) is 3.83. The smallest absolute Gasteiger partial charge is 0.356 e. The molecule has 2 N–H and O–H groups in total. The Balaban J connectivity index is 2.71. The van der Waals surface area contributed by atoms with Crippen molar-refractivity contribution in [1.29, 1.82) is 0 Å². The van der Waals surface area contributed by atoms with Gasteiger partial charge in [0.25, 0.3) is 0 Å². The van der Waals surface area contributed by atoms with Gasteiger partial charge in [-0.05, 0) is 38.0 Å². The highest BCUT2D eigenvalue weighted by atomic mass is 16.5. The molecule has 0 unspecified atom stereocenters. The molecule has 0 spiro atoms. The lowest BCUT2D eigenvalue weighted by Gasteiger charge is -2.10. The van der Waals surface area contributed by atoms with Crippen molar-refractivity contribution in [3.05, 3.63) is 29.6 Å². The maximum atomic E-state index is 11.5. The van der Waals surface area contributed by atoms with E-state index >= 15 is 0 Å². The van der Waals surface area contributed by atoms with Crippen LogP contribution in [-0.4, -0.2) is 36.2 Å². The average molecular weight is 266 g/mol. The second-order valence-electron chi connectivity index (χ2n) is 3.83. The van der Waals surface area contributed by atoms with Gasteiger partial charge in [0.05, 0.1) is 13.2 Å². The number of hydrogen-bond acceptors (Lipinski definition) is 6. The summed E-state index contributed by atoms with van der Waals surface area (Å²) >= 11 is 0. The summed E-state index contributed by atoms with van der Waals surface area (Å²) in [6.45, 7) is 4.01. The number of nitrogens with two attached hydrogens (primary N) is 1. The van der Waals surface area contributed by atoms with Crippen LogP contribution in [0, 0.1) is 0 Å². The maximum absolute atomic E-state index is 11.5. The van der Waals surface area contributed by atoms with Gasteiger partial charge in [-0.25, -0.2) is 9.78 Å². The Morgan fingerprint density at radius 3 is 2.63 bits per heavy atom. The molecule has 0 aliphatic rings. The fourth-order valence-corrected chi connectivity index (χ4v) is 1.50. The second kappa shape index (κ2) is 7.48. The number of rotatable bonds is 6. The number of carbonyl (C=O) groups excluding carboxylic acids is 2. The summed E-state index contributed by atoms with van der Waals surface area (Å²) in [4.78, 5) is 26.8. The van der Waals surface area contributed by atoms with Crippen LogP contribution in [0.4, 0.5) is 0 Å². The third kappa shape index (κ3) is 4.67. The van der Waals surface area contributed by atoms with Gasteiger partial charge < -0.3 is 15.2 Å². The van der Waals surface area contributed by atoms with Crippen LogP contribution in [0.3, 0.4) is 0 Å². The molecule has 0 bridgehead atoms. The number of hydrogen-bond donors (Lipinski definition) is 1. The third-order valence-electron chi connectivity index (χ3n) is 2.35. The molecule has 0 saturated heterocycles. The molecule has 1 aromatic rings. The Kier molecular flexibility index (Phi) is 5.95. The van der Waals surface area contributed by atoms with E-state index in [9.17, 15) is 9.59 Å². The monoisotopic (exact) mass is 266 g/mol. The minimum absolute atomic E-state index is 0.204. The zero-order valence-electron chi connectivity index (χ0n) is 11.1. The lowest BCUT2D eigenvalue weighted by Crippen LogP contribution is -2.34. The quantitative estimate of drug-likeness (QED) is 0.762. The van der Waals surface area contributed by atoms with Gasteiger partial charge in [-0.1, -0.05) is 0 Å². The summed E-state index contributed by atoms with van der Waals surface area (Å²) in [6, 6.07) is 2.51. The molecule has 0 fully saturated rings. The Labute approximate surface area is 111 Å². The topological polar surface area (TPSA) is 91.5 Å². The predicted molar refractivity (Wildman–Crippen MR) is 68.5 cm³/mol. The summed E-state index contributed by atoms with van der Waals surface area (Å²) in [7, 11) is 0. The standard InChI is InChI=1S/C13H18N2O4/c1-3-18-12(16)10(14)7-9-5-6-15-11(8-9)13(17)19-4-2/h5-6,8,10H,3-4,7,14H2,1-2H3/t10-/m0/s1. The fraction of sp³-hybridized carbons (Fsp3) is 0.462. The lowest BCUT2D eigenvalue weighted by atomic mass is 10.1. The summed E-state index contributed by atoms with van der Waals surface area (Å²) in [5.41, 5.74) is 6.65. The van der Waals surface area contributed by atoms with Gasteiger partial charge in [0.2, 0.25) is 0 Å². The molecule has 0 aromatic carbocycles. The van der Waals surface area contributed by atoms with Gasteiger partial charge in [0, 0.05) is 6.20 Å². The van der Waals surface area contributed by atoms with Crippen molar-refractivity contribution < 1.29 is 19.1 Å². The lowest BCUT2D eigenvalue weighted by molar-refractivity contribution is -0.144. The largest absolute Gasteiger partial charge is 0.465 e. The molecule has 19 heavy (non-hydrogen) atoms. The van der Waals surface area contributed by atoms with Crippen molar-refractivity contribution in [3.8, 4) is 0 Å². The SMILES string of the molecule is CCOC(=O)c1cc(C[C@H](N)C(=O)OCC)ccn1. The van der Waals surface area contributed by atoms with Crippen molar-refractivity contribution in [2.24, 2.45) is 5.73 Å². The number of ether oxygens (including phenoxy) is 2. The Morgan fingerprint density at radius 1 is 1.32 bits per heavy atom. The molecule has 0 saturated carbocycles. The summed E-state index contributed by atoms with van der Waals surface area (Å²) in [5.74, 6) is -0.953. The molecule has 6 nitrogen and oxygen atoms in total. The van der Waals surface area contributed by atoms with Crippen LogP contribution in [0.5, 0.6) is 0 Å². The van der Waals surface area contributed by atoms with E-state index in [0.29, 0.717) is 0 Å². The summed E-state index contributed by atoms with van der Waals surface area (Å²) in [6.07, 6.45) is 1.77. The van der Waals surface area contributed by atoms with E-state index in [2.05, 4.69) is 4.98 Å². The van der Waals surface area contributed by atoms with Crippen molar-refractivity contribution in [2.75, 3.05) is 13.2 Å². The zero-order chi connectivity index (χ0) is 14.3. The fourth-order valence-electron chi connectivity index (χ4n) is 1.50. The van der Waals surface area contributed by atoms with Crippen LogP contribution in [-0.2, 0) is 20.7 Å². The first kappa shape index (κ1) is 15.1. The number of esters is 2. The number of pyridine rings is 1. The van der Waals surface area contributed by atoms with E-state index < -0.39 is 18.0 Å². The molecular weight excluding hydrogens is 248 g/mol. The number of carbonyl (C=O) groups is 2. The highest BCUT2D eigenvalue weighted by Crippen LogP contribution is 2.07. The summed E-state index contributed by atoms with van der Waals surface area (Å²) < 4.78 is 9.67. The van der Waals surface area contributed by atoms with Crippen LogP contribution in [0.1, 0.15) is 29.9 Å². The molecule has 1 aromatic heterocycles.